The fraction of sp³-hybridized carbons (Fsp3) is 0.167. The van der Waals surface area contributed by atoms with Crippen LogP contribution in [0.4, 0.5) is 0 Å². The Morgan fingerprint density at radius 2 is 1.89 bits per heavy atom. The molecule has 1 aliphatic rings. The highest BCUT2D eigenvalue weighted by molar-refractivity contribution is 5.76. The lowest BCUT2D eigenvalue weighted by Gasteiger charge is -2.12. The first-order valence-corrected chi connectivity index (χ1v) is 6.67. The van der Waals surface area contributed by atoms with E-state index in [0.717, 1.165) is 35.4 Å². The Labute approximate surface area is 114 Å². The number of benzene rings is 1. The number of rotatable bonds is 2. The predicted molar refractivity (Wildman–Crippen MR) is 80.9 cm³/mol. The van der Waals surface area contributed by atoms with Crippen LogP contribution < -0.4 is 0 Å². The van der Waals surface area contributed by atoms with Crippen LogP contribution in [0.3, 0.4) is 0 Å². The molecule has 0 saturated heterocycles. The summed E-state index contributed by atoms with van der Waals surface area (Å²) < 4.78 is 0. The standard InChI is InChI=1S/C18H17N/c1-13-7-9-15(10-8-13)14(2)17-12-11-16-5-3-4-6-18(16)19-17/h4,6-12H,2-3,5H2,1H3. The van der Waals surface area contributed by atoms with Gasteiger partial charge in [0, 0.05) is 5.57 Å². The van der Waals surface area contributed by atoms with Crippen molar-refractivity contribution in [3.05, 3.63) is 77.1 Å². The van der Waals surface area contributed by atoms with Gasteiger partial charge in [0.1, 0.15) is 0 Å². The van der Waals surface area contributed by atoms with Crippen LogP contribution in [0.2, 0.25) is 0 Å². The molecule has 0 spiro atoms. The van der Waals surface area contributed by atoms with E-state index >= 15 is 0 Å². The van der Waals surface area contributed by atoms with Crippen molar-refractivity contribution in [2.45, 2.75) is 19.8 Å². The largest absolute Gasteiger partial charge is 0.248 e. The van der Waals surface area contributed by atoms with Crippen molar-refractivity contribution in [3.63, 3.8) is 0 Å². The van der Waals surface area contributed by atoms with Crippen molar-refractivity contribution in [1.82, 2.24) is 4.98 Å². The van der Waals surface area contributed by atoms with E-state index in [4.69, 9.17) is 4.98 Å². The molecular formula is C18H17N. The first-order chi connectivity index (χ1) is 9.24. The van der Waals surface area contributed by atoms with E-state index in [2.05, 4.69) is 62.1 Å². The van der Waals surface area contributed by atoms with Gasteiger partial charge in [-0.1, -0.05) is 48.6 Å². The minimum Gasteiger partial charge on any atom is -0.248 e. The zero-order chi connectivity index (χ0) is 13.2. The lowest BCUT2D eigenvalue weighted by molar-refractivity contribution is 0.961. The van der Waals surface area contributed by atoms with Crippen molar-refractivity contribution in [3.8, 4) is 0 Å². The fourth-order valence-electron chi connectivity index (χ4n) is 2.36. The molecule has 1 aliphatic carbocycles. The van der Waals surface area contributed by atoms with Gasteiger partial charge in [-0.05, 0) is 43.0 Å². The molecule has 0 atom stereocenters. The molecular weight excluding hydrogens is 230 g/mol. The number of nitrogens with zero attached hydrogens (tertiary/aromatic N) is 1. The van der Waals surface area contributed by atoms with Crippen LogP contribution in [0.15, 0.2) is 49.1 Å². The third kappa shape index (κ3) is 2.37. The number of allylic oxidation sites excluding steroid dienone is 1. The molecule has 1 heterocycles. The van der Waals surface area contributed by atoms with E-state index in [1.165, 1.54) is 11.1 Å². The van der Waals surface area contributed by atoms with Crippen LogP contribution in [-0.2, 0) is 6.42 Å². The summed E-state index contributed by atoms with van der Waals surface area (Å²) in [5.41, 5.74) is 6.78. The summed E-state index contributed by atoms with van der Waals surface area (Å²) in [7, 11) is 0. The number of hydrogen-bond donors (Lipinski definition) is 0. The third-order valence-corrected chi connectivity index (χ3v) is 3.58. The monoisotopic (exact) mass is 247 g/mol. The summed E-state index contributed by atoms with van der Waals surface area (Å²) in [5, 5.41) is 0. The summed E-state index contributed by atoms with van der Waals surface area (Å²) in [5.74, 6) is 0. The second-order valence-electron chi connectivity index (χ2n) is 5.03. The fourth-order valence-corrected chi connectivity index (χ4v) is 2.36. The topological polar surface area (TPSA) is 12.9 Å². The van der Waals surface area contributed by atoms with Crippen molar-refractivity contribution in [2.24, 2.45) is 0 Å². The van der Waals surface area contributed by atoms with E-state index in [1.54, 1.807) is 0 Å². The van der Waals surface area contributed by atoms with Crippen LogP contribution >= 0.6 is 0 Å². The van der Waals surface area contributed by atoms with E-state index in [-0.39, 0.29) is 0 Å². The molecule has 1 heteroatoms. The quantitative estimate of drug-likeness (QED) is 0.766. The maximum absolute atomic E-state index is 4.73. The maximum Gasteiger partial charge on any atom is 0.0709 e. The van der Waals surface area contributed by atoms with E-state index in [0.29, 0.717) is 0 Å². The van der Waals surface area contributed by atoms with Gasteiger partial charge in [-0.2, -0.15) is 0 Å². The second-order valence-corrected chi connectivity index (χ2v) is 5.03. The average Bonchev–Trinajstić information content (AvgIpc) is 2.47. The minimum atomic E-state index is 0.967. The Hall–Kier alpha value is -2.15. The Morgan fingerprint density at radius 1 is 1.11 bits per heavy atom. The van der Waals surface area contributed by atoms with Gasteiger partial charge in [0.15, 0.2) is 0 Å². The molecule has 0 aliphatic heterocycles. The van der Waals surface area contributed by atoms with Gasteiger partial charge in [0.25, 0.3) is 0 Å². The van der Waals surface area contributed by atoms with Crippen LogP contribution in [0, 0.1) is 6.92 Å². The van der Waals surface area contributed by atoms with Crippen molar-refractivity contribution < 1.29 is 0 Å². The first kappa shape index (κ1) is 11.9. The van der Waals surface area contributed by atoms with Crippen molar-refractivity contribution in [1.29, 1.82) is 0 Å². The summed E-state index contributed by atoms with van der Waals surface area (Å²) in [6.07, 6.45) is 6.52. The van der Waals surface area contributed by atoms with Crippen LogP contribution in [0.1, 0.15) is 34.5 Å². The van der Waals surface area contributed by atoms with Gasteiger partial charge in [-0.25, -0.2) is 4.98 Å². The van der Waals surface area contributed by atoms with Gasteiger partial charge < -0.3 is 0 Å². The highest BCUT2D eigenvalue weighted by atomic mass is 14.7. The van der Waals surface area contributed by atoms with Gasteiger partial charge in [0.2, 0.25) is 0 Å². The molecule has 0 bridgehead atoms. The Balaban J connectivity index is 1.96. The normalized spacial score (nSPS) is 13.1. The number of fused-ring (bicyclic) bond motifs is 1. The predicted octanol–water partition coefficient (Wildman–Crippen LogP) is 4.41. The molecule has 0 amide bonds. The minimum absolute atomic E-state index is 0.967. The van der Waals surface area contributed by atoms with Gasteiger partial charge in [-0.3, -0.25) is 0 Å². The molecule has 0 N–H and O–H groups in total. The average molecular weight is 247 g/mol. The van der Waals surface area contributed by atoms with Gasteiger partial charge >= 0.3 is 0 Å². The Morgan fingerprint density at radius 3 is 2.68 bits per heavy atom. The lowest BCUT2D eigenvalue weighted by atomic mass is 9.98. The summed E-state index contributed by atoms with van der Waals surface area (Å²) in [4.78, 5) is 4.73. The molecule has 94 valence electrons. The molecule has 0 saturated carbocycles. The maximum atomic E-state index is 4.73. The van der Waals surface area contributed by atoms with E-state index < -0.39 is 0 Å². The molecule has 0 unspecified atom stereocenters. The number of aryl methyl sites for hydroxylation is 2. The summed E-state index contributed by atoms with van der Waals surface area (Å²) >= 11 is 0. The molecule has 0 fully saturated rings. The molecule has 1 aromatic carbocycles. The van der Waals surface area contributed by atoms with Crippen LogP contribution in [-0.4, -0.2) is 4.98 Å². The zero-order valence-corrected chi connectivity index (χ0v) is 11.2. The SMILES string of the molecule is C=C(c1ccc(C)cc1)c1ccc2c(n1)C=CCC2. The molecule has 0 radical (unpaired) electrons. The summed E-state index contributed by atoms with van der Waals surface area (Å²) in [6.45, 7) is 6.28. The highest BCUT2D eigenvalue weighted by Gasteiger charge is 2.09. The van der Waals surface area contributed by atoms with Crippen LogP contribution in [0.25, 0.3) is 11.6 Å². The summed E-state index contributed by atoms with van der Waals surface area (Å²) in [6, 6.07) is 12.7. The molecule has 19 heavy (non-hydrogen) atoms. The highest BCUT2D eigenvalue weighted by Crippen LogP contribution is 2.24. The molecule has 1 nitrogen and oxygen atoms in total. The van der Waals surface area contributed by atoms with Crippen molar-refractivity contribution in [2.75, 3.05) is 0 Å². The lowest BCUT2D eigenvalue weighted by Crippen LogP contribution is -2.00. The first-order valence-electron chi connectivity index (χ1n) is 6.67. The third-order valence-electron chi connectivity index (χ3n) is 3.58. The van der Waals surface area contributed by atoms with E-state index in [9.17, 15) is 0 Å². The molecule has 2 aromatic rings. The zero-order valence-electron chi connectivity index (χ0n) is 11.2. The molecule has 3 rings (SSSR count). The van der Waals surface area contributed by atoms with Gasteiger partial charge in [-0.15, -0.1) is 0 Å². The smallest absolute Gasteiger partial charge is 0.0709 e. The van der Waals surface area contributed by atoms with E-state index in [1.807, 2.05) is 0 Å². The Kier molecular flexibility index (Phi) is 3.04. The number of aromatic nitrogens is 1. The van der Waals surface area contributed by atoms with Crippen LogP contribution in [0.5, 0.6) is 0 Å². The second kappa shape index (κ2) is 4.85. The van der Waals surface area contributed by atoms with Gasteiger partial charge in [0.05, 0.1) is 11.4 Å². The Bertz CT molecular complexity index is 648. The molecule has 1 aromatic heterocycles. The number of hydrogen-bond acceptors (Lipinski definition) is 1. The van der Waals surface area contributed by atoms with Crippen molar-refractivity contribution >= 4 is 11.6 Å². The number of pyridine rings is 1.